The van der Waals surface area contributed by atoms with Crippen LogP contribution in [0.3, 0.4) is 0 Å². The first-order valence-corrected chi connectivity index (χ1v) is 4.31. The van der Waals surface area contributed by atoms with Gasteiger partial charge in [0.15, 0.2) is 0 Å². The topological polar surface area (TPSA) is 18.5 Å². The van der Waals surface area contributed by atoms with Gasteiger partial charge >= 0.3 is 0 Å². The van der Waals surface area contributed by atoms with Crippen molar-refractivity contribution in [1.82, 2.24) is 0 Å². The zero-order chi connectivity index (χ0) is 7.78. The van der Waals surface area contributed by atoms with E-state index in [0.29, 0.717) is 0 Å². The number of ether oxygens (including phenoxy) is 2. The van der Waals surface area contributed by atoms with Crippen molar-refractivity contribution in [3.05, 3.63) is 11.5 Å². The van der Waals surface area contributed by atoms with Gasteiger partial charge in [-0.2, -0.15) is 0 Å². The third-order valence-electron chi connectivity index (χ3n) is 1.28. The molecule has 0 unspecified atom stereocenters. The second-order valence-corrected chi connectivity index (χ2v) is 3.28. The van der Waals surface area contributed by atoms with Crippen LogP contribution in [0.15, 0.2) is 11.5 Å². The molecular weight excluding hydrogens is 196 g/mol. The van der Waals surface area contributed by atoms with Crippen LogP contribution in [0.25, 0.3) is 0 Å². The van der Waals surface area contributed by atoms with Crippen molar-refractivity contribution in [1.29, 1.82) is 0 Å². The Kier molecular flexibility index (Phi) is 1.95. The Morgan fingerprint density at radius 1 is 1.40 bits per heavy atom. The van der Waals surface area contributed by atoms with E-state index in [1.54, 1.807) is 0 Å². The van der Waals surface area contributed by atoms with Gasteiger partial charge in [0.1, 0.15) is 11.5 Å². The number of halogens is 1. The van der Waals surface area contributed by atoms with E-state index in [9.17, 15) is 0 Å². The minimum absolute atomic E-state index is 0.465. The molecule has 0 aromatic carbocycles. The summed E-state index contributed by atoms with van der Waals surface area (Å²) in [6, 6.07) is 0. The van der Waals surface area contributed by atoms with Crippen molar-refractivity contribution in [2.45, 2.75) is 26.6 Å². The number of hydrogen-bond acceptors (Lipinski definition) is 2. The molecule has 0 N–H and O–H groups in total. The Morgan fingerprint density at radius 2 is 2.00 bits per heavy atom. The lowest BCUT2D eigenvalue weighted by atomic mass is 10.4. The third-order valence-corrected chi connectivity index (χ3v) is 1.79. The molecule has 0 aromatic rings. The van der Waals surface area contributed by atoms with E-state index in [0.717, 1.165) is 16.8 Å². The summed E-state index contributed by atoms with van der Waals surface area (Å²) >= 11 is 3.31. The molecular formula is C7H11BrO2. The van der Waals surface area contributed by atoms with E-state index in [1.807, 2.05) is 20.8 Å². The standard InChI is InChI=1S/C7H11BrO2/c1-5-6(4-8)10-7(2,3)9-5/h4H2,1-3H3. The zero-order valence-corrected chi connectivity index (χ0v) is 7.99. The summed E-state index contributed by atoms with van der Waals surface area (Å²) in [5, 5.41) is 0.724. The maximum Gasteiger partial charge on any atom is 0.245 e. The zero-order valence-electron chi connectivity index (χ0n) is 6.40. The van der Waals surface area contributed by atoms with Crippen molar-refractivity contribution in [2.24, 2.45) is 0 Å². The van der Waals surface area contributed by atoms with Gasteiger partial charge in [-0.3, -0.25) is 0 Å². The first kappa shape index (κ1) is 7.92. The molecule has 1 aliphatic heterocycles. The SMILES string of the molecule is CC1=C(CBr)OC(C)(C)O1. The Labute approximate surface area is 69.3 Å². The number of hydrogen-bond donors (Lipinski definition) is 0. The molecule has 0 aromatic heterocycles. The number of allylic oxidation sites excluding steroid dienone is 2. The van der Waals surface area contributed by atoms with E-state index in [-0.39, 0.29) is 0 Å². The van der Waals surface area contributed by atoms with Crippen molar-refractivity contribution < 1.29 is 9.47 Å². The van der Waals surface area contributed by atoms with E-state index in [1.165, 1.54) is 0 Å². The smallest absolute Gasteiger partial charge is 0.245 e. The predicted octanol–water partition coefficient (Wildman–Crippen LogP) is 2.40. The summed E-state index contributed by atoms with van der Waals surface area (Å²) in [4.78, 5) is 0. The Hall–Kier alpha value is -0.180. The van der Waals surface area contributed by atoms with Crippen molar-refractivity contribution in [3.63, 3.8) is 0 Å². The van der Waals surface area contributed by atoms with E-state index in [4.69, 9.17) is 9.47 Å². The fourth-order valence-corrected chi connectivity index (χ4v) is 1.45. The van der Waals surface area contributed by atoms with Crippen molar-refractivity contribution in [2.75, 3.05) is 5.33 Å². The maximum atomic E-state index is 5.42. The normalized spacial score (nSPS) is 22.4. The predicted molar refractivity (Wildman–Crippen MR) is 42.7 cm³/mol. The van der Waals surface area contributed by atoms with Gasteiger partial charge in [-0.25, -0.2) is 0 Å². The monoisotopic (exact) mass is 206 g/mol. The fourth-order valence-electron chi connectivity index (χ4n) is 0.936. The average Bonchev–Trinajstić information content (AvgIpc) is 2.05. The van der Waals surface area contributed by atoms with Crippen LogP contribution in [-0.2, 0) is 9.47 Å². The van der Waals surface area contributed by atoms with Crippen LogP contribution >= 0.6 is 15.9 Å². The molecule has 0 atom stereocenters. The molecule has 0 bridgehead atoms. The molecule has 1 rings (SSSR count). The second-order valence-electron chi connectivity index (χ2n) is 2.72. The van der Waals surface area contributed by atoms with Crippen LogP contribution < -0.4 is 0 Å². The molecule has 58 valence electrons. The molecule has 0 aliphatic carbocycles. The molecule has 0 saturated carbocycles. The molecule has 10 heavy (non-hydrogen) atoms. The van der Waals surface area contributed by atoms with Crippen LogP contribution in [0.4, 0.5) is 0 Å². The molecule has 0 radical (unpaired) electrons. The van der Waals surface area contributed by atoms with E-state index in [2.05, 4.69) is 15.9 Å². The fraction of sp³-hybridized carbons (Fsp3) is 0.714. The lowest BCUT2D eigenvalue weighted by Crippen LogP contribution is -2.20. The molecule has 3 heteroatoms. The van der Waals surface area contributed by atoms with Crippen molar-refractivity contribution >= 4 is 15.9 Å². The summed E-state index contributed by atoms with van der Waals surface area (Å²) in [5.41, 5.74) is 0. The van der Waals surface area contributed by atoms with Gasteiger partial charge in [0, 0.05) is 13.8 Å². The Bertz CT molecular complexity index is 172. The minimum Gasteiger partial charge on any atom is -0.454 e. The van der Waals surface area contributed by atoms with Crippen LogP contribution in [0.2, 0.25) is 0 Å². The summed E-state index contributed by atoms with van der Waals surface area (Å²) in [6.07, 6.45) is 0. The summed E-state index contributed by atoms with van der Waals surface area (Å²) in [5.74, 6) is 1.31. The van der Waals surface area contributed by atoms with Crippen LogP contribution in [0, 0.1) is 0 Å². The van der Waals surface area contributed by atoms with Gasteiger partial charge in [-0.05, 0) is 6.92 Å². The lowest BCUT2D eigenvalue weighted by Gasteiger charge is -2.18. The van der Waals surface area contributed by atoms with Gasteiger partial charge in [0.2, 0.25) is 5.79 Å². The molecule has 0 spiro atoms. The van der Waals surface area contributed by atoms with Gasteiger partial charge < -0.3 is 9.47 Å². The Morgan fingerprint density at radius 3 is 2.20 bits per heavy atom. The van der Waals surface area contributed by atoms with Gasteiger partial charge in [-0.15, -0.1) is 0 Å². The second kappa shape index (κ2) is 2.46. The highest BCUT2D eigenvalue weighted by Gasteiger charge is 2.30. The first-order valence-electron chi connectivity index (χ1n) is 3.19. The molecule has 2 nitrogen and oxygen atoms in total. The molecule has 0 amide bonds. The third kappa shape index (κ3) is 1.45. The quantitative estimate of drug-likeness (QED) is 0.614. The van der Waals surface area contributed by atoms with Crippen molar-refractivity contribution in [3.8, 4) is 0 Å². The summed E-state index contributed by atoms with van der Waals surface area (Å²) in [6.45, 7) is 5.70. The molecule has 1 heterocycles. The highest BCUT2D eigenvalue weighted by molar-refractivity contribution is 9.09. The van der Waals surface area contributed by atoms with Gasteiger partial charge in [0.05, 0.1) is 5.33 Å². The Balaban J connectivity index is 2.68. The maximum absolute atomic E-state index is 5.42. The summed E-state index contributed by atoms with van der Waals surface area (Å²) in [7, 11) is 0. The number of rotatable bonds is 1. The highest BCUT2D eigenvalue weighted by Crippen LogP contribution is 2.30. The number of alkyl halides is 1. The van der Waals surface area contributed by atoms with Crippen LogP contribution in [0.5, 0.6) is 0 Å². The first-order chi connectivity index (χ1) is 4.55. The molecule has 0 fully saturated rings. The van der Waals surface area contributed by atoms with Gasteiger partial charge in [0.25, 0.3) is 0 Å². The van der Waals surface area contributed by atoms with E-state index < -0.39 is 5.79 Å². The van der Waals surface area contributed by atoms with Crippen LogP contribution in [-0.4, -0.2) is 11.1 Å². The largest absolute Gasteiger partial charge is 0.454 e. The lowest BCUT2D eigenvalue weighted by molar-refractivity contribution is -0.121. The molecule has 1 aliphatic rings. The average molecular weight is 207 g/mol. The minimum atomic E-state index is -0.465. The van der Waals surface area contributed by atoms with Crippen LogP contribution in [0.1, 0.15) is 20.8 Å². The summed E-state index contributed by atoms with van der Waals surface area (Å²) < 4.78 is 10.8. The molecule has 0 saturated heterocycles. The van der Waals surface area contributed by atoms with E-state index >= 15 is 0 Å². The van der Waals surface area contributed by atoms with Gasteiger partial charge in [-0.1, -0.05) is 15.9 Å². The highest BCUT2D eigenvalue weighted by atomic mass is 79.9.